The van der Waals surface area contributed by atoms with E-state index >= 15 is 0 Å². The van der Waals surface area contributed by atoms with E-state index in [1.54, 1.807) is 22.7 Å². The lowest BCUT2D eigenvalue weighted by Crippen LogP contribution is -2.34. The number of likely N-dealkylation sites (N-methyl/N-ethyl adjacent to an activating group) is 1. The quantitative estimate of drug-likeness (QED) is 0.916. The Bertz CT molecular complexity index is 595. The summed E-state index contributed by atoms with van der Waals surface area (Å²) in [5, 5.41) is 7.32. The second kappa shape index (κ2) is 6.30. The predicted molar refractivity (Wildman–Crippen MR) is 89.4 cm³/mol. The normalized spacial score (nSPS) is 15.2. The minimum absolute atomic E-state index is 0.0662. The van der Waals surface area contributed by atoms with Crippen molar-refractivity contribution in [1.82, 2.24) is 10.2 Å². The maximum absolute atomic E-state index is 12.3. The van der Waals surface area contributed by atoms with Gasteiger partial charge in [-0.2, -0.15) is 11.3 Å². The van der Waals surface area contributed by atoms with Crippen LogP contribution < -0.4 is 5.32 Å². The predicted octanol–water partition coefficient (Wildman–Crippen LogP) is 3.33. The van der Waals surface area contributed by atoms with Crippen molar-refractivity contribution >= 4 is 28.6 Å². The molecule has 3 rings (SSSR count). The van der Waals surface area contributed by atoms with Gasteiger partial charge in [-0.15, -0.1) is 11.3 Å². The van der Waals surface area contributed by atoms with Crippen LogP contribution in [0.1, 0.15) is 38.1 Å². The molecular formula is C16H20N2OS2. The molecule has 1 atom stereocenters. The molecule has 0 radical (unpaired) electrons. The van der Waals surface area contributed by atoms with Crippen LogP contribution >= 0.6 is 22.7 Å². The van der Waals surface area contributed by atoms with Gasteiger partial charge in [0.05, 0.1) is 10.9 Å². The molecule has 21 heavy (non-hydrogen) atoms. The number of thiophene rings is 2. The summed E-state index contributed by atoms with van der Waals surface area (Å²) in [6, 6.07) is 4.44. The fourth-order valence-electron chi connectivity index (χ4n) is 2.78. The molecule has 0 saturated heterocycles. The second-order valence-corrected chi connectivity index (χ2v) is 7.58. The van der Waals surface area contributed by atoms with Gasteiger partial charge in [-0.1, -0.05) is 0 Å². The number of amides is 1. The van der Waals surface area contributed by atoms with Gasteiger partial charge in [0.25, 0.3) is 5.91 Å². The lowest BCUT2D eigenvalue weighted by Gasteiger charge is -2.23. The van der Waals surface area contributed by atoms with Gasteiger partial charge < -0.3 is 10.2 Å². The highest BCUT2D eigenvalue weighted by Gasteiger charge is 2.20. The van der Waals surface area contributed by atoms with Crippen LogP contribution in [-0.4, -0.2) is 31.4 Å². The molecule has 1 unspecified atom stereocenters. The van der Waals surface area contributed by atoms with Crippen LogP contribution in [0.25, 0.3) is 0 Å². The number of hydrogen-bond donors (Lipinski definition) is 1. The van der Waals surface area contributed by atoms with E-state index in [9.17, 15) is 4.79 Å². The number of aryl methyl sites for hydroxylation is 2. The van der Waals surface area contributed by atoms with E-state index in [1.165, 1.54) is 22.4 Å². The fraction of sp³-hybridized carbons (Fsp3) is 0.438. The molecular weight excluding hydrogens is 300 g/mol. The van der Waals surface area contributed by atoms with Crippen LogP contribution in [0.3, 0.4) is 0 Å². The molecule has 5 heteroatoms. The van der Waals surface area contributed by atoms with Gasteiger partial charge in [-0.3, -0.25) is 4.79 Å². The van der Waals surface area contributed by atoms with Gasteiger partial charge in [-0.05, 0) is 67.4 Å². The van der Waals surface area contributed by atoms with Gasteiger partial charge in [0.1, 0.15) is 0 Å². The summed E-state index contributed by atoms with van der Waals surface area (Å²) >= 11 is 3.36. The maximum Gasteiger partial charge on any atom is 0.261 e. The van der Waals surface area contributed by atoms with Crippen LogP contribution in [-0.2, 0) is 12.8 Å². The fourth-order valence-corrected chi connectivity index (χ4v) is 4.66. The van der Waals surface area contributed by atoms with E-state index in [0.717, 1.165) is 17.7 Å². The number of nitrogens with one attached hydrogen (secondary N) is 1. The number of carbonyl (C=O) groups is 1. The zero-order chi connectivity index (χ0) is 14.8. The molecule has 0 aliphatic heterocycles. The zero-order valence-electron chi connectivity index (χ0n) is 12.4. The first-order valence-electron chi connectivity index (χ1n) is 7.23. The number of hydrogen-bond acceptors (Lipinski definition) is 4. The van der Waals surface area contributed by atoms with Crippen molar-refractivity contribution in [2.45, 2.75) is 25.3 Å². The van der Waals surface area contributed by atoms with Gasteiger partial charge in [0.2, 0.25) is 0 Å². The molecule has 112 valence electrons. The highest BCUT2D eigenvalue weighted by Crippen LogP contribution is 2.30. The molecule has 0 fully saturated rings. The smallest absolute Gasteiger partial charge is 0.261 e. The third kappa shape index (κ3) is 3.20. The van der Waals surface area contributed by atoms with E-state index < -0.39 is 0 Å². The summed E-state index contributed by atoms with van der Waals surface area (Å²) in [5.74, 6) is 0.0662. The van der Waals surface area contributed by atoms with Crippen LogP contribution in [0.2, 0.25) is 0 Å². The standard InChI is InChI=1S/C16H20N2OS2/c1-18(2)13(12-6-7-20-10-12)9-17-16(19)15-8-11-4-3-5-14(11)21-15/h6-8,10,13H,3-5,9H2,1-2H3,(H,17,19). The molecule has 3 nitrogen and oxygen atoms in total. The van der Waals surface area contributed by atoms with E-state index in [-0.39, 0.29) is 11.9 Å². The number of rotatable bonds is 5. The number of carbonyl (C=O) groups excluding carboxylic acids is 1. The van der Waals surface area contributed by atoms with E-state index in [2.05, 4.69) is 33.1 Å². The van der Waals surface area contributed by atoms with Crippen molar-refractivity contribution in [2.24, 2.45) is 0 Å². The summed E-state index contributed by atoms with van der Waals surface area (Å²) in [4.78, 5) is 16.7. The van der Waals surface area contributed by atoms with Crippen molar-refractivity contribution < 1.29 is 4.79 Å². The molecule has 2 heterocycles. The molecule has 2 aromatic rings. The first-order valence-corrected chi connectivity index (χ1v) is 8.99. The molecule has 0 saturated carbocycles. The Balaban J connectivity index is 1.64. The van der Waals surface area contributed by atoms with E-state index in [4.69, 9.17) is 0 Å². The van der Waals surface area contributed by atoms with Crippen LogP contribution in [0, 0.1) is 0 Å². The molecule has 0 spiro atoms. The van der Waals surface area contributed by atoms with Crippen LogP contribution in [0.15, 0.2) is 22.9 Å². The van der Waals surface area contributed by atoms with Crippen molar-refractivity contribution in [2.75, 3.05) is 20.6 Å². The summed E-state index contributed by atoms with van der Waals surface area (Å²) in [7, 11) is 4.10. The molecule has 1 N–H and O–H groups in total. The van der Waals surface area contributed by atoms with Gasteiger partial charge in [0.15, 0.2) is 0 Å². The molecule has 0 aromatic carbocycles. The van der Waals surface area contributed by atoms with Crippen molar-refractivity contribution in [3.8, 4) is 0 Å². The van der Waals surface area contributed by atoms with Gasteiger partial charge in [0, 0.05) is 11.4 Å². The summed E-state index contributed by atoms with van der Waals surface area (Å²) in [6.07, 6.45) is 3.51. The van der Waals surface area contributed by atoms with Crippen molar-refractivity contribution in [3.05, 3.63) is 43.8 Å². The van der Waals surface area contributed by atoms with Crippen molar-refractivity contribution in [3.63, 3.8) is 0 Å². The Hall–Kier alpha value is -1.17. The Kier molecular flexibility index (Phi) is 4.42. The number of fused-ring (bicyclic) bond motifs is 1. The Morgan fingerprint density at radius 1 is 1.43 bits per heavy atom. The summed E-state index contributed by atoms with van der Waals surface area (Å²) < 4.78 is 0. The van der Waals surface area contributed by atoms with E-state index in [1.807, 2.05) is 14.1 Å². The molecule has 1 aliphatic carbocycles. The summed E-state index contributed by atoms with van der Waals surface area (Å²) in [5.41, 5.74) is 2.64. The van der Waals surface area contributed by atoms with Gasteiger partial charge in [-0.25, -0.2) is 0 Å². The highest BCUT2D eigenvalue weighted by atomic mass is 32.1. The third-order valence-electron chi connectivity index (χ3n) is 3.98. The maximum atomic E-state index is 12.3. The Morgan fingerprint density at radius 2 is 2.29 bits per heavy atom. The average molecular weight is 320 g/mol. The van der Waals surface area contributed by atoms with Gasteiger partial charge >= 0.3 is 0 Å². The van der Waals surface area contributed by atoms with Crippen LogP contribution in [0.4, 0.5) is 0 Å². The lowest BCUT2D eigenvalue weighted by atomic mass is 10.1. The SMILES string of the molecule is CN(C)C(CNC(=O)c1cc2c(s1)CCC2)c1ccsc1. The molecule has 0 bridgehead atoms. The minimum Gasteiger partial charge on any atom is -0.349 e. The third-order valence-corrected chi connectivity index (χ3v) is 5.91. The average Bonchev–Trinajstić information content (AvgIpc) is 3.14. The topological polar surface area (TPSA) is 32.3 Å². The van der Waals surface area contributed by atoms with Crippen LogP contribution in [0.5, 0.6) is 0 Å². The highest BCUT2D eigenvalue weighted by molar-refractivity contribution is 7.14. The Labute approximate surface area is 133 Å². The first-order chi connectivity index (χ1) is 10.1. The lowest BCUT2D eigenvalue weighted by molar-refractivity contribution is 0.0946. The monoisotopic (exact) mass is 320 g/mol. The molecule has 1 amide bonds. The largest absolute Gasteiger partial charge is 0.349 e. The Morgan fingerprint density at radius 3 is 2.95 bits per heavy atom. The summed E-state index contributed by atoms with van der Waals surface area (Å²) in [6.45, 7) is 0.644. The second-order valence-electron chi connectivity index (χ2n) is 5.66. The van der Waals surface area contributed by atoms with Crippen molar-refractivity contribution in [1.29, 1.82) is 0 Å². The molecule has 1 aliphatic rings. The molecule has 2 aromatic heterocycles. The number of nitrogens with zero attached hydrogens (tertiary/aromatic N) is 1. The minimum atomic E-state index is 0.0662. The van der Waals surface area contributed by atoms with E-state index in [0.29, 0.717) is 6.54 Å². The first kappa shape index (κ1) is 14.8. The zero-order valence-corrected chi connectivity index (χ0v) is 14.0.